The van der Waals surface area contributed by atoms with Crippen molar-refractivity contribution in [1.29, 1.82) is 0 Å². The molecule has 206 valence electrons. The normalized spacial score (nSPS) is 14.9. The lowest BCUT2D eigenvalue weighted by Crippen LogP contribution is -2.12. The van der Waals surface area contributed by atoms with Gasteiger partial charge in [0.05, 0.1) is 5.57 Å². The zero-order chi connectivity index (χ0) is 29.2. The molecular formula is C40H29NO2. The van der Waals surface area contributed by atoms with Crippen LogP contribution in [0.25, 0.3) is 22.4 Å². The predicted molar refractivity (Wildman–Crippen MR) is 176 cm³/mol. The van der Waals surface area contributed by atoms with Gasteiger partial charge in [-0.3, -0.25) is 9.59 Å². The molecule has 0 aliphatic heterocycles. The van der Waals surface area contributed by atoms with Crippen LogP contribution >= 0.6 is 0 Å². The summed E-state index contributed by atoms with van der Waals surface area (Å²) in [6.07, 6.45) is 7.82. The van der Waals surface area contributed by atoms with Crippen LogP contribution in [0.3, 0.4) is 0 Å². The van der Waals surface area contributed by atoms with E-state index in [9.17, 15) is 9.59 Å². The maximum absolute atomic E-state index is 13.1. The number of Topliss-reactive ketones (excluding diaryl/α,β-unsaturated/α-hetero) is 2. The van der Waals surface area contributed by atoms with Crippen LogP contribution in [0.2, 0.25) is 0 Å². The molecular weight excluding hydrogens is 526 g/mol. The molecule has 3 aliphatic rings. The molecule has 0 N–H and O–H groups in total. The number of nitrogens with zero attached hydrogens (tertiary/aromatic N) is 1. The second-order valence-corrected chi connectivity index (χ2v) is 11.8. The number of fused-ring (bicyclic) bond motifs is 1. The first kappa shape index (κ1) is 25.4. The van der Waals surface area contributed by atoms with Crippen molar-refractivity contribution < 1.29 is 9.59 Å². The quantitative estimate of drug-likeness (QED) is 0.164. The van der Waals surface area contributed by atoms with E-state index in [0.717, 1.165) is 34.6 Å². The standard InChI is InChI=1S/C40H29NO2/c1-24-7-15-31(16-8-24)41(32-17-9-25(2)10-18-32)33-22-29-13-11-27-19-26(20-28-12-14-30(23-33)38(29)37(27)28)21-36-39(42)34-5-3-4-6-35(34)40(36)43/h3-13,15-19,21-23H,14,20H2,1-2H3. The number of aryl methyl sites for hydroxylation is 2. The van der Waals surface area contributed by atoms with E-state index in [1.807, 2.05) is 18.2 Å². The van der Waals surface area contributed by atoms with E-state index < -0.39 is 0 Å². The third kappa shape index (κ3) is 4.11. The lowest BCUT2D eigenvalue weighted by atomic mass is 9.78. The minimum Gasteiger partial charge on any atom is -0.310 e. The molecule has 0 fully saturated rings. The largest absolute Gasteiger partial charge is 0.310 e. The zero-order valence-corrected chi connectivity index (χ0v) is 24.1. The summed E-state index contributed by atoms with van der Waals surface area (Å²) in [4.78, 5) is 28.4. The number of hydrogen-bond acceptors (Lipinski definition) is 3. The molecule has 3 aliphatic carbocycles. The Hall–Kier alpha value is -5.28. The number of ketones is 2. The minimum atomic E-state index is -0.176. The van der Waals surface area contributed by atoms with Gasteiger partial charge in [0.15, 0.2) is 11.6 Å². The van der Waals surface area contributed by atoms with Crippen molar-refractivity contribution in [3.05, 3.63) is 159 Å². The number of anilines is 3. The predicted octanol–water partition coefficient (Wildman–Crippen LogP) is 9.66. The SMILES string of the molecule is Cc1ccc(N(c2ccc(C)cc2)c2cc3c4c5c(ccc4c2)C=C(C=C2C(=O)c4ccccc4C2=O)CC5=CC3)cc1. The summed E-state index contributed by atoms with van der Waals surface area (Å²) >= 11 is 0. The van der Waals surface area contributed by atoms with Crippen molar-refractivity contribution >= 4 is 51.1 Å². The van der Waals surface area contributed by atoms with Crippen molar-refractivity contribution in [2.45, 2.75) is 26.7 Å². The van der Waals surface area contributed by atoms with Crippen molar-refractivity contribution in [2.24, 2.45) is 0 Å². The van der Waals surface area contributed by atoms with Gasteiger partial charge in [0, 0.05) is 28.2 Å². The summed E-state index contributed by atoms with van der Waals surface area (Å²) in [6, 6.07) is 33.5. The molecule has 3 nitrogen and oxygen atoms in total. The molecule has 0 saturated heterocycles. The summed E-state index contributed by atoms with van der Waals surface area (Å²) in [5.41, 5.74) is 13.1. The summed E-state index contributed by atoms with van der Waals surface area (Å²) in [5.74, 6) is -0.352. The summed E-state index contributed by atoms with van der Waals surface area (Å²) in [5, 5.41) is 2.52. The third-order valence-corrected chi connectivity index (χ3v) is 8.92. The van der Waals surface area contributed by atoms with Gasteiger partial charge < -0.3 is 4.90 Å². The van der Waals surface area contributed by atoms with Crippen LogP contribution in [-0.4, -0.2) is 11.6 Å². The van der Waals surface area contributed by atoms with Crippen molar-refractivity contribution in [3.63, 3.8) is 0 Å². The van der Waals surface area contributed by atoms with E-state index in [1.54, 1.807) is 12.1 Å². The van der Waals surface area contributed by atoms with Crippen LogP contribution < -0.4 is 4.90 Å². The fraction of sp³-hybridized carbons (Fsp3) is 0.100. The molecule has 0 bridgehead atoms. The topological polar surface area (TPSA) is 37.4 Å². The van der Waals surface area contributed by atoms with Gasteiger partial charge in [-0.15, -0.1) is 0 Å². The van der Waals surface area contributed by atoms with Gasteiger partial charge in [0.25, 0.3) is 0 Å². The van der Waals surface area contributed by atoms with Crippen molar-refractivity contribution in [1.82, 2.24) is 0 Å². The van der Waals surface area contributed by atoms with Crippen LogP contribution in [0.15, 0.2) is 120 Å². The van der Waals surface area contributed by atoms with E-state index in [0.29, 0.717) is 17.5 Å². The van der Waals surface area contributed by atoms with Gasteiger partial charge in [-0.2, -0.15) is 0 Å². The number of rotatable bonds is 4. The molecule has 0 spiro atoms. The van der Waals surface area contributed by atoms with Crippen LogP contribution in [-0.2, 0) is 6.42 Å². The molecule has 0 unspecified atom stereocenters. The molecule has 3 heteroatoms. The van der Waals surface area contributed by atoms with Gasteiger partial charge in [0.2, 0.25) is 0 Å². The second kappa shape index (κ2) is 9.64. The number of allylic oxidation sites excluding steroid dienone is 5. The monoisotopic (exact) mass is 555 g/mol. The first-order valence-electron chi connectivity index (χ1n) is 14.8. The molecule has 0 saturated carbocycles. The summed E-state index contributed by atoms with van der Waals surface area (Å²) in [7, 11) is 0. The summed E-state index contributed by atoms with van der Waals surface area (Å²) in [6.45, 7) is 4.23. The van der Waals surface area contributed by atoms with E-state index in [2.05, 4.69) is 104 Å². The highest BCUT2D eigenvalue weighted by molar-refractivity contribution is 6.39. The first-order chi connectivity index (χ1) is 20.9. The first-order valence-corrected chi connectivity index (χ1v) is 14.8. The van der Waals surface area contributed by atoms with E-state index in [4.69, 9.17) is 0 Å². The number of carbonyl (C=O) groups excluding carboxylic acids is 2. The highest BCUT2D eigenvalue weighted by Gasteiger charge is 2.33. The van der Waals surface area contributed by atoms with Crippen LogP contribution in [0.1, 0.15) is 55.0 Å². The van der Waals surface area contributed by atoms with E-state index in [1.165, 1.54) is 38.6 Å². The Labute approximate surface area is 251 Å². The molecule has 0 atom stereocenters. The highest BCUT2D eigenvalue weighted by Crippen LogP contribution is 2.46. The molecule has 8 rings (SSSR count). The van der Waals surface area contributed by atoms with E-state index in [-0.39, 0.29) is 17.1 Å². The van der Waals surface area contributed by atoms with Gasteiger partial charge in [-0.1, -0.05) is 83.9 Å². The zero-order valence-electron chi connectivity index (χ0n) is 24.1. The number of benzene rings is 5. The van der Waals surface area contributed by atoms with Gasteiger partial charge in [-0.05, 0) is 108 Å². The Morgan fingerprint density at radius 2 is 1.33 bits per heavy atom. The van der Waals surface area contributed by atoms with Gasteiger partial charge in [-0.25, -0.2) is 0 Å². The average molecular weight is 556 g/mol. The Balaban J connectivity index is 1.23. The molecule has 43 heavy (non-hydrogen) atoms. The highest BCUT2D eigenvalue weighted by atomic mass is 16.2. The fourth-order valence-electron chi connectivity index (χ4n) is 6.79. The second-order valence-electron chi connectivity index (χ2n) is 11.8. The molecule has 0 heterocycles. The minimum absolute atomic E-state index is 0.176. The van der Waals surface area contributed by atoms with E-state index >= 15 is 0 Å². The lowest BCUT2D eigenvalue weighted by Gasteiger charge is -2.29. The molecule has 0 radical (unpaired) electrons. The maximum Gasteiger partial charge on any atom is 0.197 e. The Morgan fingerprint density at radius 1 is 0.698 bits per heavy atom. The Bertz CT molecular complexity index is 2030. The smallest absolute Gasteiger partial charge is 0.197 e. The van der Waals surface area contributed by atoms with Crippen LogP contribution in [0, 0.1) is 13.8 Å². The third-order valence-electron chi connectivity index (χ3n) is 8.92. The van der Waals surface area contributed by atoms with Crippen molar-refractivity contribution in [3.8, 4) is 0 Å². The maximum atomic E-state index is 13.1. The molecule has 0 aromatic heterocycles. The average Bonchev–Trinajstić information content (AvgIpc) is 3.26. The fourth-order valence-corrected chi connectivity index (χ4v) is 6.79. The molecule has 0 amide bonds. The number of carbonyl (C=O) groups is 2. The molecule has 5 aromatic rings. The van der Waals surface area contributed by atoms with Gasteiger partial charge in [0.1, 0.15) is 0 Å². The lowest BCUT2D eigenvalue weighted by molar-refractivity contribution is 0.0988. The number of hydrogen-bond donors (Lipinski definition) is 0. The van der Waals surface area contributed by atoms with Crippen LogP contribution in [0.5, 0.6) is 0 Å². The summed E-state index contributed by atoms with van der Waals surface area (Å²) < 4.78 is 0. The Morgan fingerprint density at radius 3 is 1.95 bits per heavy atom. The van der Waals surface area contributed by atoms with Crippen molar-refractivity contribution in [2.75, 3.05) is 4.90 Å². The van der Waals surface area contributed by atoms with Crippen LogP contribution in [0.4, 0.5) is 17.1 Å². The molecule has 5 aromatic carbocycles. The van der Waals surface area contributed by atoms with Gasteiger partial charge >= 0.3 is 0 Å². The Kier molecular flexibility index (Phi) is 5.70.